The summed E-state index contributed by atoms with van der Waals surface area (Å²) in [6, 6.07) is 15.6. The molecule has 2 atom stereocenters. The van der Waals surface area contributed by atoms with Crippen LogP contribution >= 0.6 is 24.0 Å². The summed E-state index contributed by atoms with van der Waals surface area (Å²) in [4.78, 5) is 15.8. The zero-order valence-electron chi connectivity index (χ0n) is 16.8. The fourth-order valence-electron chi connectivity index (χ4n) is 3.38. The Morgan fingerprint density at radius 2 is 1.81 bits per heavy atom. The van der Waals surface area contributed by atoms with Crippen molar-refractivity contribution >= 4 is 35.8 Å². The van der Waals surface area contributed by atoms with Gasteiger partial charge < -0.3 is 4.74 Å². The smallest absolute Gasteiger partial charge is 0.426 e. The number of nitrogens with one attached hydrogen (secondary N) is 1. The third-order valence-corrected chi connectivity index (χ3v) is 5.30. The van der Waals surface area contributed by atoms with Gasteiger partial charge in [0.05, 0.1) is 0 Å². The minimum absolute atomic E-state index is 0. The third kappa shape index (κ3) is 7.28. The molecule has 1 heterocycles. The Morgan fingerprint density at radius 1 is 1.16 bits per heavy atom. The molecule has 0 spiro atoms. The Hall–Kier alpha value is -2.00. The molecule has 1 N–H and O–H groups in total. The molecule has 10 heteroatoms. The van der Waals surface area contributed by atoms with Gasteiger partial charge in [0.25, 0.3) is 0 Å². The van der Waals surface area contributed by atoms with Crippen LogP contribution in [-0.4, -0.2) is 61.4 Å². The molecule has 1 aliphatic heterocycles. The molecular weight excluding hydrogens is 454 g/mol. The van der Waals surface area contributed by atoms with E-state index in [1.165, 1.54) is 24.3 Å². The van der Waals surface area contributed by atoms with Gasteiger partial charge in [-0.3, -0.25) is 15.1 Å². The van der Waals surface area contributed by atoms with Gasteiger partial charge in [-0.15, -0.1) is 12.4 Å². The van der Waals surface area contributed by atoms with Gasteiger partial charge in [-0.25, -0.2) is 4.79 Å². The topological polar surface area (TPSA) is 44.8 Å². The predicted molar refractivity (Wildman–Crippen MR) is 117 cm³/mol. The van der Waals surface area contributed by atoms with E-state index in [4.69, 9.17) is 16.3 Å². The summed E-state index contributed by atoms with van der Waals surface area (Å²) in [7, 11) is 1.95. The quantitative estimate of drug-likeness (QED) is 0.640. The Labute approximate surface area is 190 Å². The van der Waals surface area contributed by atoms with Crippen molar-refractivity contribution in [1.29, 1.82) is 0 Å². The maximum atomic E-state index is 13.6. The highest BCUT2D eigenvalue weighted by Crippen LogP contribution is 2.28. The number of halogens is 5. The Balaban J connectivity index is 0.00000341. The number of rotatable bonds is 5. The molecule has 1 unspecified atom stereocenters. The van der Waals surface area contributed by atoms with Crippen molar-refractivity contribution in [2.75, 3.05) is 38.5 Å². The lowest BCUT2D eigenvalue weighted by Gasteiger charge is -2.40. The predicted octanol–water partition coefficient (Wildman–Crippen LogP) is 5.23. The number of hydrogen-bond donors (Lipinski definition) is 1. The molecule has 0 aromatic heterocycles. The Morgan fingerprint density at radius 3 is 2.42 bits per heavy atom. The summed E-state index contributed by atoms with van der Waals surface area (Å²) >= 11 is 5.77. The molecule has 2 aromatic rings. The minimum Gasteiger partial charge on any atom is -0.435 e. The van der Waals surface area contributed by atoms with E-state index in [-0.39, 0.29) is 18.4 Å². The highest BCUT2D eigenvalue weighted by Gasteiger charge is 2.44. The van der Waals surface area contributed by atoms with Crippen molar-refractivity contribution in [3.8, 4) is 0 Å². The molecule has 5 nitrogen and oxygen atoms in total. The van der Waals surface area contributed by atoms with Crippen molar-refractivity contribution in [1.82, 2.24) is 9.80 Å². The van der Waals surface area contributed by atoms with Crippen LogP contribution in [0.5, 0.6) is 0 Å². The zero-order valence-corrected chi connectivity index (χ0v) is 18.4. The Bertz CT molecular complexity index is 838. The van der Waals surface area contributed by atoms with Crippen LogP contribution in [0.4, 0.5) is 23.7 Å². The van der Waals surface area contributed by atoms with Gasteiger partial charge in [-0.1, -0.05) is 41.9 Å². The van der Waals surface area contributed by atoms with Crippen molar-refractivity contribution < 1.29 is 22.7 Å². The number of anilines is 1. The summed E-state index contributed by atoms with van der Waals surface area (Å²) in [5.74, 6) is 0. The number of benzene rings is 2. The summed E-state index contributed by atoms with van der Waals surface area (Å²) in [6.45, 7) is 1.06. The van der Waals surface area contributed by atoms with E-state index >= 15 is 0 Å². The summed E-state index contributed by atoms with van der Waals surface area (Å²) in [5.41, 5.74) is 1.34. The zero-order chi connectivity index (χ0) is 21.7. The summed E-state index contributed by atoms with van der Waals surface area (Å²) in [6.07, 6.45) is -8.07. The fraction of sp³-hybridized carbons (Fsp3) is 0.381. The molecule has 3 rings (SSSR count). The number of likely N-dealkylation sites (N-methyl/N-ethyl adjacent to an activating group) is 1. The van der Waals surface area contributed by atoms with Gasteiger partial charge in [0.2, 0.25) is 6.10 Å². The number of nitrogens with zero attached hydrogens (tertiary/aromatic N) is 2. The number of alkyl halides is 3. The second-order valence-corrected chi connectivity index (χ2v) is 7.67. The van der Waals surface area contributed by atoms with Crippen molar-refractivity contribution in [2.45, 2.75) is 18.3 Å². The normalized spacial score (nSPS) is 18.7. The molecule has 31 heavy (non-hydrogen) atoms. The van der Waals surface area contributed by atoms with Gasteiger partial charge >= 0.3 is 12.3 Å². The van der Waals surface area contributed by atoms with Gasteiger partial charge in [-0.05, 0) is 36.9 Å². The highest BCUT2D eigenvalue weighted by atomic mass is 35.5. The van der Waals surface area contributed by atoms with E-state index < -0.39 is 24.9 Å². The first kappa shape index (κ1) is 25.3. The number of carbonyl (C=O) groups excluding carboxylic acids is 1. The number of hydrogen-bond acceptors (Lipinski definition) is 4. The molecule has 1 aliphatic rings. The summed E-state index contributed by atoms with van der Waals surface area (Å²) in [5, 5.41) is 2.75. The monoisotopic (exact) mass is 477 g/mol. The SMILES string of the molecule is CN1CCN(C[C@H](OC(=O)Nc2ccc(Cl)cc2)C(F)(F)F)CC1c1ccccc1.Cl. The lowest BCUT2D eigenvalue weighted by molar-refractivity contribution is -0.208. The molecule has 0 radical (unpaired) electrons. The first-order valence-electron chi connectivity index (χ1n) is 9.50. The van der Waals surface area contributed by atoms with Crippen LogP contribution in [0, 0.1) is 0 Å². The van der Waals surface area contributed by atoms with Crippen molar-refractivity contribution in [2.24, 2.45) is 0 Å². The van der Waals surface area contributed by atoms with Crippen molar-refractivity contribution in [3.05, 3.63) is 65.2 Å². The minimum atomic E-state index is -4.68. The van der Waals surface area contributed by atoms with E-state index in [0.717, 1.165) is 5.56 Å². The van der Waals surface area contributed by atoms with E-state index in [2.05, 4.69) is 10.2 Å². The highest BCUT2D eigenvalue weighted by molar-refractivity contribution is 6.30. The second-order valence-electron chi connectivity index (χ2n) is 7.23. The molecule has 0 bridgehead atoms. The molecular formula is C21H24Cl2F3N3O2. The number of ether oxygens (including phenoxy) is 1. The van der Waals surface area contributed by atoms with E-state index in [1.54, 1.807) is 4.90 Å². The van der Waals surface area contributed by atoms with Crippen LogP contribution in [0.3, 0.4) is 0 Å². The lowest BCUT2D eigenvalue weighted by Crippen LogP contribution is -2.52. The lowest BCUT2D eigenvalue weighted by atomic mass is 10.0. The maximum Gasteiger partial charge on any atom is 0.426 e. The molecule has 1 amide bonds. The molecule has 170 valence electrons. The van der Waals surface area contributed by atoms with Gasteiger partial charge in [0, 0.05) is 42.9 Å². The van der Waals surface area contributed by atoms with E-state index in [0.29, 0.717) is 30.3 Å². The number of piperazine rings is 1. The molecule has 2 aromatic carbocycles. The van der Waals surface area contributed by atoms with E-state index in [9.17, 15) is 18.0 Å². The summed E-state index contributed by atoms with van der Waals surface area (Å²) < 4.78 is 45.4. The van der Waals surface area contributed by atoms with Crippen LogP contribution in [0.1, 0.15) is 11.6 Å². The van der Waals surface area contributed by atoms with Gasteiger partial charge in [0.15, 0.2) is 0 Å². The maximum absolute atomic E-state index is 13.6. The fourth-order valence-corrected chi connectivity index (χ4v) is 3.51. The van der Waals surface area contributed by atoms with Crippen LogP contribution < -0.4 is 5.32 Å². The van der Waals surface area contributed by atoms with Crippen molar-refractivity contribution in [3.63, 3.8) is 0 Å². The third-order valence-electron chi connectivity index (χ3n) is 5.05. The first-order valence-corrected chi connectivity index (χ1v) is 9.87. The van der Waals surface area contributed by atoms with Gasteiger partial charge in [-0.2, -0.15) is 13.2 Å². The van der Waals surface area contributed by atoms with Crippen LogP contribution in [0.15, 0.2) is 54.6 Å². The molecule has 0 aliphatic carbocycles. The standard InChI is InChI=1S/C21H23ClF3N3O2.ClH/c1-27-11-12-28(13-18(27)15-5-3-2-4-6-15)14-19(21(23,24)25)30-20(29)26-17-9-7-16(22)8-10-17;/h2-10,18-19H,11-14H2,1H3,(H,26,29);1H/t18?,19-;/m0./s1. The van der Waals surface area contributed by atoms with Crippen LogP contribution in [-0.2, 0) is 4.74 Å². The number of amides is 1. The molecule has 1 fully saturated rings. The first-order chi connectivity index (χ1) is 14.2. The Kier molecular flexibility index (Phi) is 9.00. The second kappa shape index (κ2) is 11.0. The number of carbonyl (C=O) groups is 1. The van der Waals surface area contributed by atoms with E-state index in [1.807, 2.05) is 37.4 Å². The molecule has 0 saturated carbocycles. The average Bonchev–Trinajstić information content (AvgIpc) is 2.70. The molecule has 1 saturated heterocycles. The van der Waals surface area contributed by atoms with Gasteiger partial charge in [0.1, 0.15) is 0 Å². The van der Waals surface area contributed by atoms with Crippen LogP contribution in [0.2, 0.25) is 5.02 Å². The van der Waals surface area contributed by atoms with Crippen LogP contribution in [0.25, 0.3) is 0 Å². The largest absolute Gasteiger partial charge is 0.435 e. The average molecular weight is 478 g/mol.